The van der Waals surface area contributed by atoms with Crippen molar-refractivity contribution in [2.24, 2.45) is 5.73 Å². The standard InChI is InChI=1S/C11H12N4O2/c12-10(11(16)17)6-8-7-15(14-13-8)9-4-2-1-3-5-9/h1-5,7,10H,6,12H2,(H,16,17)/t10-/m1/s1. The molecule has 3 N–H and O–H groups in total. The second kappa shape index (κ2) is 4.75. The highest BCUT2D eigenvalue weighted by atomic mass is 16.4. The molecule has 0 unspecified atom stereocenters. The number of carboxylic acids is 1. The lowest BCUT2D eigenvalue weighted by Gasteiger charge is -2.01. The SMILES string of the molecule is N[C@H](Cc1cn(-c2ccccc2)nn1)C(=O)O. The van der Waals surface area contributed by atoms with E-state index in [1.165, 1.54) is 0 Å². The maximum Gasteiger partial charge on any atom is 0.320 e. The first-order valence-electron chi connectivity index (χ1n) is 5.12. The third-order valence-electron chi connectivity index (χ3n) is 2.31. The number of hydrogen-bond acceptors (Lipinski definition) is 4. The summed E-state index contributed by atoms with van der Waals surface area (Å²) < 4.78 is 1.59. The van der Waals surface area contributed by atoms with Crippen LogP contribution in [0.15, 0.2) is 36.5 Å². The monoisotopic (exact) mass is 232 g/mol. The van der Waals surface area contributed by atoms with Crippen molar-refractivity contribution in [2.75, 3.05) is 0 Å². The van der Waals surface area contributed by atoms with E-state index < -0.39 is 12.0 Å². The molecule has 1 atom stereocenters. The lowest BCUT2D eigenvalue weighted by molar-refractivity contribution is -0.138. The largest absolute Gasteiger partial charge is 0.480 e. The molecular formula is C11H12N4O2. The first-order valence-corrected chi connectivity index (χ1v) is 5.12. The van der Waals surface area contributed by atoms with Crippen LogP contribution < -0.4 is 5.73 Å². The van der Waals surface area contributed by atoms with Crippen LogP contribution in [0.5, 0.6) is 0 Å². The van der Waals surface area contributed by atoms with Crippen LogP contribution >= 0.6 is 0 Å². The van der Waals surface area contributed by atoms with Crippen LogP contribution in [0.25, 0.3) is 5.69 Å². The minimum atomic E-state index is -1.04. The van der Waals surface area contributed by atoms with Crippen LogP contribution in [-0.2, 0) is 11.2 Å². The van der Waals surface area contributed by atoms with Crippen molar-refractivity contribution >= 4 is 5.97 Å². The molecule has 6 nitrogen and oxygen atoms in total. The predicted molar refractivity (Wildman–Crippen MR) is 60.7 cm³/mol. The van der Waals surface area contributed by atoms with Crippen LogP contribution in [-0.4, -0.2) is 32.1 Å². The van der Waals surface area contributed by atoms with E-state index in [1.54, 1.807) is 10.9 Å². The molecule has 2 rings (SSSR count). The number of rotatable bonds is 4. The van der Waals surface area contributed by atoms with Crippen LogP contribution in [0.2, 0.25) is 0 Å². The van der Waals surface area contributed by atoms with Gasteiger partial charge in [0.1, 0.15) is 6.04 Å². The van der Waals surface area contributed by atoms with Crippen molar-refractivity contribution in [3.8, 4) is 5.69 Å². The highest BCUT2D eigenvalue weighted by Crippen LogP contribution is 2.06. The van der Waals surface area contributed by atoms with Gasteiger partial charge in [-0.25, -0.2) is 4.68 Å². The summed E-state index contributed by atoms with van der Waals surface area (Å²) in [6, 6.07) is 8.50. The van der Waals surface area contributed by atoms with Gasteiger partial charge in [0.15, 0.2) is 0 Å². The molecule has 1 heterocycles. The predicted octanol–water partition coefficient (Wildman–Crippen LogP) is 0.222. The summed E-state index contributed by atoms with van der Waals surface area (Å²) in [5, 5.41) is 16.5. The van der Waals surface area contributed by atoms with Gasteiger partial charge < -0.3 is 10.8 Å². The van der Waals surface area contributed by atoms with Crippen LogP contribution in [0.3, 0.4) is 0 Å². The third kappa shape index (κ3) is 2.67. The average molecular weight is 232 g/mol. The lowest BCUT2D eigenvalue weighted by Crippen LogP contribution is -2.32. The zero-order chi connectivity index (χ0) is 12.3. The van der Waals surface area contributed by atoms with Gasteiger partial charge in [0, 0.05) is 6.42 Å². The normalized spacial score (nSPS) is 12.3. The molecule has 0 bridgehead atoms. The Balaban J connectivity index is 2.14. The van der Waals surface area contributed by atoms with Gasteiger partial charge in [0.05, 0.1) is 17.6 Å². The quantitative estimate of drug-likeness (QED) is 0.786. The van der Waals surface area contributed by atoms with Crippen molar-refractivity contribution in [3.05, 3.63) is 42.2 Å². The lowest BCUT2D eigenvalue weighted by atomic mass is 10.2. The van der Waals surface area contributed by atoms with Crippen molar-refractivity contribution in [2.45, 2.75) is 12.5 Å². The van der Waals surface area contributed by atoms with E-state index in [2.05, 4.69) is 10.3 Å². The van der Waals surface area contributed by atoms with Gasteiger partial charge in [0.25, 0.3) is 0 Å². The Labute approximate surface area is 97.7 Å². The Kier molecular flexibility index (Phi) is 3.15. The molecule has 17 heavy (non-hydrogen) atoms. The summed E-state index contributed by atoms with van der Waals surface area (Å²) >= 11 is 0. The summed E-state index contributed by atoms with van der Waals surface area (Å²) in [4.78, 5) is 10.6. The summed E-state index contributed by atoms with van der Waals surface area (Å²) in [6.07, 6.45) is 1.85. The van der Waals surface area contributed by atoms with E-state index in [-0.39, 0.29) is 6.42 Å². The molecule has 0 amide bonds. The summed E-state index contributed by atoms with van der Waals surface area (Å²) in [5.41, 5.74) is 6.85. The van der Waals surface area contributed by atoms with E-state index in [0.717, 1.165) is 5.69 Å². The zero-order valence-electron chi connectivity index (χ0n) is 9.02. The van der Waals surface area contributed by atoms with Crippen LogP contribution in [0.4, 0.5) is 0 Å². The number of para-hydroxylation sites is 1. The highest BCUT2D eigenvalue weighted by Gasteiger charge is 2.14. The molecule has 0 aliphatic rings. The van der Waals surface area contributed by atoms with Gasteiger partial charge in [0.2, 0.25) is 0 Å². The molecular weight excluding hydrogens is 220 g/mol. The molecule has 2 aromatic rings. The van der Waals surface area contributed by atoms with Gasteiger partial charge in [-0.15, -0.1) is 5.10 Å². The Morgan fingerprint density at radius 1 is 1.41 bits per heavy atom. The average Bonchev–Trinajstić information content (AvgIpc) is 2.78. The fourth-order valence-corrected chi connectivity index (χ4v) is 1.41. The molecule has 0 fully saturated rings. The molecule has 0 aliphatic carbocycles. The molecule has 1 aromatic carbocycles. The molecule has 0 saturated carbocycles. The maximum atomic E-state index is 10.6. The summed E-state index contributed by atoms with van der Waals surface area (Å²) in [6.45, 7) is 0. The Bertz CT molecular complexity index is 509. The zero-order valence-corrected chi connectivity index (χ0v) is 9.02. The second-order valence-electron chi connectivity index (χ2n) is 3.64. The van der Waals surface area contributed by atoms with Gasteiger partial charge >= 0.3 is 5.97 Å². The fourth-order valence-electron chi connectivity index (χ4n) is 1.41. The number of aliphatic carboxylic acids is 1. The molecule has 88 valence electrons. The number of benzene rings is 1. The Morgan fingerprint density at radius 3 is 2.76 bits per heavy atom. The van der Waals surface area contributed by atoms with E-state index in [1.807, 2.05) is 30.3 Å². The van der Waals surface area contributed by atoms with E-state index in [4.69, 9.17) is 10.8 Å². The van der Waals surface area contributed by atoms with Crippen LogP contribution in [0.1, 0.15) is 5.69 Å². The molecule has 1 aromatic heterocycles. The first kappa shape index (κ1) is 11.3. The van der Waals surface area contributed by atoms with Crippen molar-refractivity contribution < 1.29 is 9.90 Å². The summed E-state index contributed by atoms with van der Waals surface area (Å²) in [7, 11) is 0. The topological polar surface area (TPSA) is 94.0 Å². The van der Waals surface area contributed by atoms with Crippen molar-refractivity contribution in [1.82, 2.24) is 15.0 Å². The van der Waals surface area contributed by atoms with Gasteiger partial charge in [-0.1, -0.05) is 23.4 Å². The van der Waals surface area contributed by atoms with E-state index in [9.17, 15) is 4.79 Å². The third-order valence-corrected chi connectivity index (χ3v) is 2.31. The maximum absolute atomic E-state index is 10.6. The fraction of sp³-hybridized carbons (Fsp3) is 0.182. The molecule has 0 spiro atoms. The smallest absolute Gasteiger partial charge is 0.320 e. The number of aromatic nitrogens is 3. The van der Waals surface area contributed by atoms with Gasteiger partial charge in [-0.3, -0.25) is 4.79 Å². The van der Waals surface area contributed by atoms with Crippen molar-refractivity contribution in [1.29, 1.82) is 0 Å². The van der Waals surface area contributed by atoms with E-state index in [0.29, 0.717) is 5.69 Å². The highest BCUT2D eigenvalue weighted by molar-refractivity contribution is 5.73. The van der Waals surface area contributed by atoms with Crippen molar-refractivity contribution in [3.63, 3.8) is 0 Å². The van der Waals surface area contributed by atoms with E-state index >= 15 is 0 Å². The Morgan fingerprint density at radius 2 is 2.12 bits per heavy atom. The number of carboxylic acid groups (broad SMARTS) is 1. The number of nitrogens with two attached hydrogens (primary N) is 1. The number of carbonyl (C=O) groups is 1. The molecule has 0 aliphatic heterocycles. The van der Waals surface area contributed by atoms with Gasteiger partial charge in [-0.05, 0) is 12.1 Å². The minimum Gasteiger partial charge on any atom is -0.480 e. The second-order valence-corrected chi connectivity index (χ2v) is 3.64. The van der Waals surface area contributed by atoms with Crippen LogP contribution in [0, 0.1) is 0 Å². The Hall–Kier alpha value is -2.21. The first-order chi connectivity index (χ1) is 8.16. The molecule has 0 saturated heterocycles. The number of hydrogen-bond donors (Lipinski definition) is 2. The number of nitrogens with zero attached hydrogens (tertiary/aromatic N) is 3. The van der Waals surface area contributed by atoms with Gasteiger partial charge in [-0.2, -0.15) is 0 Å². The molecule has 6 heteroatoms. The molecule has 0 radical (unpaired) electrons. The summed E-state index contributed by atoms with van der Waals surface area (Å²) in [5.74, 6) is -1.04. The minimum absolute atomic E-state index is 0.169.